The number of hydrogen-bond acceptors (Lipinski definition) is 2. The molecule has 0 fully saturated rings. The van der Waals surface area contributed by atoms with Crippen LogP contribution in [0.4, 0.5) is 4.79 Å². The van der Waals surface area contributed by atoms with Gasteiger partial charge in [-0.2, -0.15) is 0 Å². The number of benzene rings is 1. The number of nitrogens with two attached hydrogens (primary N) is 1. The van der Waals surface area contributed by atoms with E-state index in [1.165, 1.54) is 10.5 Å². The molecule has 0 aromatic heterocycles. The average Bonchev–Trinajstić information content (AvgIpc) is 2.20. The molecule has 0 saturated carbocycles. The topological polar surface area (TPSA) is 58.4 Å². The fourth-order valence-corrected chi connectivity index (χ4v) is 1.15. The lowest BCUT2D eigenvalue weighted by atomic mass is 10.1. The van der Waals surface area contributed by atoms with Crippen molar-refractivity contribution in [1.29, 1.82) is 0 Å². The number of nitrogens with one attached hydrogen (secondary N) is 1. The molecule has 1 aromatic carbocycles. The normalized spacial score (nSPS) is 9.64. The Kier molecular flexibility index (Phi) is 3.48. The van der Waals surface area contributed by atoms with E-state index >= 15 is 0 Å². The summed E-state index contributed by atoms with van der Waals surface area (Å²) < 4.78 is 0. The van der Waals surface area contributed by atoms with E-state index in [2.05, 4.69) is 5.43 Å². The first kappa shape index (κ1) is 10.5. The van der Waals surface area contributed by atoms with Crippen LogP contribution in [0.1, 0.15) is 11.1 Å². The van der Waals surface area contributed by atoms with Gasteiger partial charge < -0.3 is 4.90 Å². The summed E-state index contributed by atoms with van der Waals surface area (Å²) in [5.74, 6) is 5.01. The SMILES string of the molecule is Cc1ccc(CN(C)C(=O)NN)cc1. The Morgan fingerprint density at radius 3 is 2.50 bits per heavy atom. The summed E-state index contributed by atoms with van der Waals surface area (Å²) in [7, 11) is 1.70. The number of nitrogens with zero attached hydrogens (tertiary/aromatic N) is 1. The van der Waals surface area contributed by atoms with E-state index in [0.717, 1.165) is 5.56 Å². The lowest BCUT2D eigenvalue weighted by Gasteiger charge is -2.16. The van der Waals surface area contributed by atoms with Crippen molar-refractivity contribution in [2.24, 2.45) is 5.84 Å². The first-order chi connectivity index (χ1) is 6.63. The molecule has 1 rings (SSSR count). The minimum absolute atomic E-state index is 0.287. The zero-order chi connectivity index (χ0) is 10.6. The van der Waals surface area contributed by atoms with Crippen LogP contribution in [0.25, 0.3) is 0 Å². The summed E-state index contributed by atoms with van der Waals surface area (Å²) in [5, 5.41) is 0. The molecule has 0 aliphatic heterocycles. The first-order valence-electron chi connectivity index (χ1n) is 4.40. The van der Waals surface area contributed by atoms with Crippen LogP contribution >= 0.6 is 0 Å². The van der Waals surface area contributed by atoms with E-state index in [4.69, 9.17) is 5.84 Å². The van der Waals surface area contributed by atoms with Crippen LogP contribution in [0.3, 0.4) is 0 Å². The molecule has 0 bridgehead atoms. The lowest BCUT2D eigenvalue weighted by Crippen LogP contribution is -2.40. The summed E-state index contributed by atoms with van der Waals surface area (Å²) in [6.45, 7) is 2.59. The van der Waals surface area contributed by atoms with E-state index in [1.807, 2.05) is 31.2 Å². The van der Waals surface area contributed by atoms with Gasteiger partial charge in [0.1, 0.15) is 0 Å². The monoisotopic (exact) mass is 193 g/mol. The largest absolute Gasteiger partial charge is 0.331 e. The fraction of sp³-hybridized carbons (Fsp3) is 0.300. The highest BCUT2D eigenvalue weighted by atomic mass is 16.2. The number of carbonyl (C=O) groups is 1. The maximum absolute atomic E-state index is 11.1. The molecule has 76 valence electrons. The number of urea groups is 1. The Morgan fingerprint density at radius 2 is 2.00 bits per heavy atom. The van der Waals surface area contributed by atoms with Crippen LogP contribution in [-0.4, -0.2) is 18.0 Å². The minimum atomic E-state index is -0.287. The zero-order valence-electron chi connectivity index (χ0n) is 8.45. The third-order valence-electron chi connectivity index (χ3n) is 2.01. The molecule has 0 aliphatic rings. The zero-order valence-corrected chi connectivity index (χ0v) is 8.45. The summed E-state index contributed by atoms with van der Waals surface area (Å²) in [4.78, 5) is 12.6. The second kappa shape index (κ2) is 4.62. The van der Waals surface area contributed by atoms with E-state index in [1.54, 1.807) is 7.05 Å². The van der Waals surface area contributed by atoms with Gasteiger partial charge in [-0.3, -0.25) is 5.43 Å². The highest BCUT2D eigenvalue weighted by Crippen LogP contribution is 2.05. The predicted molar refractivity (Wildman–Crippen MR) is 55.4 cm³/mol. The molecule has 4 nitrogen and oxygen atoms in total. The van der Waals surface area contributed by atoms with Crippen LogP contribution in [0.5, 0.6) is 0 Å². The number of amides is 2. The number of hydrazine groups is 1. The van der Waals surface area contributed by atoms with Crippen molar-refractivity contribution < 1.29 is 4.79 Å². The van der Waals surface area contributed by atoms with Gasteiger partial charge in [-0.15, -0.1) is 0 Å². The second-order valence-electron chi connectivity index (χ2n) is 3.29. The molecule has 1 aromatic rings. The molecule has 3 N–H and O–H groups in total. The molecule has 14 heavy (non-hydrogen) atoms. The summed E-state index contributed by atoms with van der Waals surface area (Å²) in [6, 6.07) is 7.74. The molecular formula is C10H15N3O. The van der Waals surface area contributed by atoms with Crippen LogP contribution in [0, 0.1) is 6.92 Å². The molecule has 0 heterocycles. The van der Waals surface area contributed by atoms with Crippen LogP contribution in [0.15, 0.2) is 24.3 Å². The van der Waals surface area contributed by atoms with Crippen molar-refractivity contribution in [2.45, 2.75) is 13.5 Å². The van der Waals surface area contributed by atoms with Gasteiger partial charge in [-0.05, 0) is 12.5 Å². The number of hydrogen-bond donors (Lipinski definition) is 2. The molecular weight excluding hydrogens is 178 g/mol. The van der Waals surface area contributed by atoms with E-state index < -0.39 is 0 Å². The molecule has 0 unspecified atom stereocenters. The van der Waals surface area contributed by atoms with Crippen molar-refractivity contribution >= 4 is 6.03 Å². The van der Waals surface area contributed by atoms with Crippen LogP contribution in [-0.2, 0) is 6.54 Å². The maximum atomic E-state index is 11.1. The van der Waals surface area contributed by atoms with E-state index in [9.17, 15) is 4.79 Å². The third-order valence-corrected chi connectivity index (χ3v) is 2.01. The standard InChI is InChI=1S/C10H15N3O/c1-8-3-5-9(6-4-8)7-13(2)10(14)12-11/h3-6H,7,11H2,1-2H3,(H,12,14). The molecule has 0 radical (unpaired) electrons. The summed E-state index contributed by atoms with van der Waals surface area (Å²) in [6.07, 6.45) is 0. The molecule has 0 spiro atoms. The second-order valence-corrected chi connectivity index (χ2v) is 3.29. The van der Waals surface area contributed by atoms with E-state index in [0.29, 0.717) is 6.54 Å². The summed E-state index contributed by atoms with van der Waals surface area (Å²) >= 11 is 0. The van der Waals surface area contributed by atoms with Gasteiger partial charge in [0.2, 0.25) is 0 Å². The van der Waals surface area contributed by atoms with Gasteiger partial charge >= 0.3 is 6.03 Å². The van der Waals surface area contributed by atoms with Crippen molar-refractivity contribution in [1.82, 2.24) is 10.3 Å². The highest BCUT2D eigenvalue weighted by Gasteiger charge is 2.05. The molecule has 0 saturated heterocycles. The van der Waals surface area contributed by atoms with E-state index in [-0.39, 0.29) is 6.03 Å². The van der Waals surface area contributed by atoms with Crippen molar-refractivity contribution in [2.75, 3.05) is 7.05 Å². The summed E-state index contributed by atoms with van der Waals surface area (Å²) in [5.41, 5.74) is 4.38. The van der Waals surface area contributed by atoms with Gasteiger partial charge in [0.25, 0.3) is 0 Å². The van der Waals surface area contributed by atoms with Crippen molar-refractivity contribution in [3.8, 4) is 0 Å². The van der Waals surface area contributed by atoms with Crippen molar-refractivity contribution in [3.05, 3.63) is 35.4 Å². The number of rotatable bonds is 2. The van der Waals surface area contributed by atoms with Crippen molar-refractivity contribution in [3.63, 3.8) is 0 Å². The molecule has 0 aliphatic carbocycles. The van der Waals surface area contributed by atoms with Gasteiger partial charge in [-0.25, -0.2) is 10.6 Å². The molecule has 2 amide bonds. The lowest BCUT2D eigenvalue weighted by molar-refractivity contribution is 0.207. The Hall–Kier alpha value is -1.55. The molecule has 4 heteroatoms. The van der Waals surface area contributed by atoms with Gasteiger partial charge in [0, 0.05) is 13.6 Å². The minimum Gasteiger partial charge on any atom is -0.322 e. The van der Waals surface area contributed by atoms with Gasteiger partial charge in [-0.1, -0.05) is 29.8 Å². The van der Waals surface area contributed by atoms with Gasteiger partial charge in [0.15, 0.2) is 0 Å². The maximum Gasteiger partial charge on any atom is 0.331 e. The molecule has 0 atom stereocenters. The highest BCUT2D eigenvalue weighted by molar-refractivity contribution is 5.73. The predicted octanol–water partition coefficient (Wildman–Crippen LogP) is 1.01. The quantitative estimate of drug-likeness (QED) is 0.418. The smallest absolute Gasteiger partial charge is 0.322 e. The Balaban J connectivity index is 2.60. The number of carbonyl (C=O) groups excluding carboxylic acids is 1. The van der Waals surface area contributed by atoms with Gasteiger partial charge in [0.05, 0.1) is 0 Å². The third kappa shape index (κ3) is 2.74. The number of aryl methyl sites for hydroxylation is 1. The van der Waals surface area contributed by atoms with Crippen LogP contribution in [0.2, 0.25) is 0 Å². The average molecular weight is 193 g/mol. The fourth-order valence-electron chi connectivity index (χ4n) is 1.15. The Bertz CT molecular complexity index is 308. The first-order valence-corrected chi connectivity index (χ1v) is 4.40. The Labute approximate surface area is 83.7 Å². The Morgan fingerprint density at radius 1 is 1.43 bits per heavy atom. The van der Waals surface area contributed by atoms with Crippen LogP contribution < -0.4 is 11.3 Å².